The zero-order valence-corrected chi connectivity index (χ0v) is 39.8. The Kier molecular flexibility index (Phi) is 46.1. The maximum atomic E-state index is 13.2. The van der Waals surface area contributed by atoms with Crippen molar-refractivity contribution < 1.29 is 24.5 Å². The number of ether oxygens (including phenoxy) is 1. The van der Waals surface area contributed by atoms with Gasteiger partial charge in [0, 0.05) is 6.42 Å². The van der Waals surface area contributed by atoms with E-state index < -0.39 is 18.2 Å². The van der Waals surface area contributed by atoms with Gasteiger partial charge in [-0.25, -0.2) is 0 Å². The van der Waals surface area contributed by atoms with Crippen molar-refractivity contribution in [3.8, 4) is 0 Å². The first kappa shape index (κ1) is 57.8. The Hall–Kier alpha value is -2.18. The van der Waals surface area contributed by atoms with Crippen LogP contribution in [-0.2, 0) is 14.3 Å². The second kappa shape index (κ2) is 47.9. The van der Waals surface area contributed by atoms with E-state index in [1.165, 1.54) is 141 Å². The summed E-state index contributed by atoms with van der Waals surface area (Å²) in [6, 6.07) is -0.712. The molecule has 1 amide bonds. The highest BCUT2D eigenvalue weighted by molar-refractivity contribution is 5.77. The molecule has 6 nitrogen and oxygen atoms in total. The summed E-state index contributed by atoms with van der Waals surface area (Å²) in [4.78, 5) is 26.1. The summed E-state index contributed by atoms with van der Waals surface area (Å²) < 4.78 is 5.91. The number of hydrogen-bond acceptors (Lipinski definition) is 5. The van der Waals surface area contributed by atoms with Crippen molar-refractivity contribution in [2.24, 2.45) is 0 Å². The molecule has 0 aliphatic rings. The predicted molar refractivity (Wildman–Crippen MR) is 259 cm³/mol. The van der Waals surface area contributed by atoms with Gasteiger partial charge in [-0.05, 0) is 70.6 Å². The standard InChI is InChI=1S/C54H99NO5/c1-4-7-10-13-16-19-22-24-26-28-31-34-37-40-43-46-52(57)51(49-56)55-53(58)48-50(45-42-39-36-33-30-21-18-15-12-9-6-3)60-54(59)47-44-41-38-35-32-29-27-25-23-20-17-14-11-8-5-2/h9,12,15,18,20-21,23,30,50-52,56-57H,4-8,10-11,13-14,16-17,19,22,24-29,31-49H2,1-3H3,(H,55,58)/b12-9+,18-15+,23-20-,30-21-. The van der Waals surface area contributed by atoms with E-state index in [1.54, 1.807) is 0 Å². The normalized spacial score (nSPS) is 13.6. The van der Waals surface area contributed by atoms with Crippen molar-refractivity contribution in [1.29, 1.82) is 0 Å². The van der Waals surface area contributed by atoms with E-state index in [4.69, 9.17) is 4.74 Å². The first-order valence-electron chi connectivity index (χ1n) is 25.9. The van der Waals surface area contributed by atoms with Crippen LogP contribution < -0.4 is 5.32 Å². The molecule has 0 saturated carbocycles. The number of esters is 1. The van der Waals surface area contributed by atoms with Crippen molar-refractivity contribution in [1.82, 2.24) is 5.32 Å². The summed E-state index contributed by atoms with van der Waals surface area (Å²) in [5, 5.41) is 23.8. The number of nitrogens with one attached hydrogen (secondary N) is 1. The second-order valence-corrected chi connectivity index (χ2v) is 17.6. The molecular formula is C54H99NO5. The molecule has 0 heterocycles. The van der Waals surface area contributed by atoms with Gasteiger partial charge in [0.25, 0.3) is 0 Å². The summed E-state index contributed by atoms with van der Waals surface area (Å²) in [6.07, 6.45) is 57.5. The number of unbranched alkanes of at least 4 members (excludes halogenated alkanes) is 28. The second-order valence-electron chi connectivity index (χ2n) is 17.6. The summed E-state index contributed by atoms with van der Waals surface area (Å²) >= 11 is 0. The van der Waals surface area contributed by atoms with E-state index >= 15 is 0 Å². The lowest BCUT2D eigenvalue weighted by Gasteiger charge is -2.24. The molecule has 0 aromatic rings. The molecule has 0 saturated heterocycles. The van der Waals surface area contributed by atoms with Gasteiger partial charge in [-0.2, -0.15) is 0 Å². The molecule has 60 heavy (non-hydrogen) atoms. The van der Waals surface area contributed by atoms with Gasteiger partial charge < -0.3 is 20.3 Å². The van der Waals surface area contributed by atoms with Crippen LogP contribution in [0.4, 0.5) is 0 Å². The fourth-order valence-electron chi connectivity index (χ4n) is 7.78. The Morgan fingerprint density at radius 1 is 0.500 bits per heavy atom. The third kappa shape index (κ3) is 42.5. The maximum Gasteiger partial charge on any atom is 0.306 e. The number of aliphatic hydroxyl groups excluding tert-OH is 2. The Morgan fingerprint density at radius 2 is 0.917 bits per heavy atom. The lowest BCUT2D eigenvalue weighted by Crippen LogP contribution is -2.46. The number of aliphatic hydroxyl groups is 2. The van der Waals surface area contributed by atoms with Crippen molar-refractivity contribution in [2.45, 2.75) is 277 Å². The summed E-state index contributed by atoms with van der Waals surface area (Å²) in [5.74, 6) is -0.510. The summed E-state index contributed by atoms with van der Waals surface area (Å²) in [5.41, 5.74) is 0. The van der Waals surface area contributed by atoms with Gasteiger partial charge in [0.15, 0.2) is 0 Å². The maximum absolute atomic E-state index is 13.2. The van der Waals surface area contributed by atoms with Gasteiger partial charge in [0.1, 0.15) is 6.10 Å². The third-order valence-corrected chi connectivity index (χ3v) is 11.7. The third-order valence-electron chi connectivity index (χ3n) is 11.7. The Morgan fingerprint density at radius 3 is 1.43 bits per heavy atom. The van der Waals surface area contributed by atoms with Gasteiger partial charge in [-0.3, -0.25) is 9.59 Å². The first-order valence-corrected chi connectivity index (χ1v) is 25.9. The van der Waals surface area contributed by atoms with E-state index in [-0.39, 0.29) is 24.9 Å². The average Bonchev–Trinajstić information content (AvgIpc) is 3.24. The van der Waals surface area contributed by atoms with Crippen molar-refractivity contribution >= 4 is 11.9 Å². The van der Waals surface area contributed by atoms with E-state index in [0.717, 1.165) is 70.6 Å². The molecule has 3 N–H and O–H groups in total. The molecular weight excluding hydrogens is 743 g/mol. The van der Waals surface area contributed by atoms with Crippen LogP contribution >= 0.6 is 0 Å². The van der Waals surface area contributed by atoms with Crippen molar-refractivity contribution in [2.75, 3.05) is 6.61 Å². The van der Waals surface area contributed by atoms with E-state index in [2.05, 4.69) is 62.5 Å². The van der Waals surface area contributed by atoms with Crippen LogP contribution in [0.15, 0.2) is 48.6 Å². The highest BCUT2D eigenvalue weighted by atomic mass is 16.5. The Balaban J connectivity index is 4.53. The fraction of sp³-hybridized carbons (Fsp3) is 0.815. The van der Waals surface area contributed by atoms with Gasteiger partial charge in [0.2, 0.25) is 5.91 Å². The monoisotopic (exact) mass is 842 g/mol. The zero-order chi connectivity index (χ0) is 43.8. The summed E-state index contributed by atoms with van der Waals surface area (Å²) in [6.45, 7) is 6.33. The van der Waals surface area contributed by atoms with Crippen LogP contribution in [0.1, 0.15) is 258 Å². The molecule has 0 fully saturated rings. The number of hydrogen-bond donors (Lipinski definition) is 3. The van der Waals surface area contributed by atoms with E-state index in [0.29, 0.717) is 19.3 Å². The minimum atomic E-state index is -0.797. The smallest absolute Gasteiger partial charge is 0.306 e. The first-order chi connectivity index (χ1) is 29.5. The molecule has 3 unspecified atom stereocenters. The van der Waals surface area contributed by atoms with E-state index in [9.17, 15) is 19.8 Å². The molecule has 350 valence electrons. The Labute approximate surface area is 372 Å². The minimum absolute atomic E-state index is 0.0535. The van der Waals surface area contributed by atoms with Crippen molar-refractivity contribution in [3.05, 3.63) is 48.6 Å². The van der Waals surface area contributed by atoms with Crippen LogP contribution in [0.2, 0.25) is 0 Å². The van der Waals surface area contributed by atoms with Gasteiger partial charge in [0.05, 0.1) is 25.2 Å². The molecule has 0 aromatic carbocycles. The Bertz CT molecular complexity index is 1040. The average molecular weight is 842 g/mol. The molecule has 0 spiro atoms. The van der Waals surface area contributed by atoms with Gasteiger partial charge >= 0.3 is 5.97 Å². The number of carbonyl (C=O) groups excluding carboxylic acids is 2. The van der Waals surface area contributed by atoms with Gasteiger partial charge in [-0.15, -0.1) is 0 Å². The zero-order valence-electron chi connectivity index (χ0n) is 39.8. The quantitative estimate of drug-likeness (QED) is 0.0246. The van der Waals surface area contributed by atoms with Crippen LogP contribution in [0, 0.1) is 0 Å². The highest BCUT2D eigenvalue weighted by Crippen LogP contribution is 2.18. The van der Waals surface area contributed by atoms with Crippen LogP contribution in [-0.4, -0.2) is 46.9 Å². The number of allylic oxidation sites excluding steroid dienone is 8. The highest BCUT2D eigenvalue weighted by Gasteiger charge is 2.24. The number of rotatable bonds is 46. The van der Waals surface area contributed by atoms with Gasteiger partial charge in [-0.1, -0.05) is 223 Å². The summed E-state index contributed by atoms with van der Waals surface area (Å²) in [7, 11) is 0. The number of amides is 1. The lowest BCUT2D eigenvalue weighted by molar-refractivity contribution is -0.151. The topological polar surface area (TPSA) is 95.9 Å². The molecule has 0 bridgehead atoms. The molecule has 0 rings (SSSR count). The fourth-order valence-corrected chi connectivity index (χ4v) is 7.78. The van der Waals surface area contributed by atoms with E-state index in [1.807, 2.05) is 12.2 Å². The molecule has 0 aliphatic carbocycles. The number of carbonyl (C=O) groups is 2. The molecule has 0 aromatic heterocycles. The largest absolute Gasteiger partial charge is 0.462 e. The lowest BCUT2D eigenvalue weighted by atomic mass is 10.0. The molecule has 0 aliphatic heterocycles. The predicted octanol–water partition coefficient (Wildman–Crippen LogP) is 15.5. The SMILES string of the molecule is CC/C=C/C=C/C=C\CCCCCC(CC(=O)NC(CO)C(O)CCCCCCCCCCCCCCCCC)OC(=O)CCCCCCCCC/C=C\CCCCCC. The molecule has 6 heteroatoms. The minimum Gasteiger partial charge on any atom is -0.462 e. The molecule has 0 radical (unpaired) electrons. The van der Waals surface area contributed by atoms with Crippen molar-refractivity contribution in [3.63, 3.8) is 0 Å². The van der Waals surface area contributed by atoms with Crippen LogP contribution in [0.25, 0.3) is 0 Å². The van der Waals surface area contributed by atoms with Crippen LogP contribution in [0.3, 0.4) is 0 Å². The molecule has 3 atom stereocenters. The van der Waals surface area contributed by atoms with Crippen LogP contribution in [0.5, 0.6) is 0 Å².